The van der Waals surface area contributed by atoms with Crippen LogP contribution in [0.5, 0.6) is 0 Å². The Balaban J connectivity index is 1.34. The Labute approximate surface area is 158 Å². The van der Waals surface area contributed by atoms with Gasteiger partial charge in [0.05, 0.1) is 16.8 Å². The van der Waals surface area contributed by atoms with Crippen LogP contribution in [0.4, 0.5) is 5.82 Å². The van der Waals surface area contributed by atoms with Gasteiger partial charge in [-0.2, -0.15) is 0 Å². The summed E-state index contributed by atoms with van der Waals surface area (Å²) in [5, 5.41) is 1.05. The zero-order chi connectivity index (χ0) is 18.4. The molecule has 1 saturated carbocycles. The van der Waals surface area contributed by atoms with Crippen molar-refractivity contribution in [3.63, 3.8) is 0 Å². The van der Waals surface area contributed by atoms with E-state index in [0.717, 1.165) is 75.3 Å². The van der Waals surface area contributed by atoms with Crippen LogP contribution in [0.2, 0.25) is 0 Å². The minimum atomic E-state index is -0.00605. The van der Waals surface area contributed by atoms with Crippen molar-refractivity contribution in [2.75, 3.05) is 44.3 Å². The van der Waals surface area contributed by atoms with Crippen LogP contribution in [0.15, 0.2) is 18.6 Å². The van der Waals surface area contributed by atoms with Crippen molar-refractivity contribution in [1.29, 1.82) is 0 Å². The van der Waals surface area contributed by atoms with E-state index in [1.165, 1.54) is 0 Å². The second-order valence-electron chi connectivity index (χ2n) is 8.17. The lowest BCUT2D eigenvalue weighted by molar-refractivity contribution is -0.141. The minimum absolute atomic E-state index is 0.00605. The third-order valence-electron chi connectivity index (χ3n) is 6.49. The summed E-state index contributed by atoms with van der Waals surface area (Å²) >= 11 is 0. The van der Waals surface area contributed by atoms with Gasteiger partial charge in [-0.15, -0.1) is 0 Å². The molecule has 0 radical (unpaired) electrons. The lowest BCUT2D eigenvalue weighted by Crippen LogP contribution is -2.59. The summed E-state index contributed by atoms with van der Waals surface area (Å²) in [6.07, 6.45) is 7.75. The number of hydrogen-bond acceptors (Lipinski definition) is 6. The van der Waals surface area contributed by atoms with E-state index in [0.29, 0.717) is 12.6 Å². The quantitative estimate of drug-likeness (QED) is 0.830. The molecule has 1 unspecified atom stereocenters. The Hall–Kier alpha value is -2.19. The van der Waals surface area contributed by atoms with Crippen LogP contribution >= 0.6 is 0 Å². The van der Waals surface area contributed by atoms with Gasteiger partial charge in [0.25, 0.3) is 0 Å². The monoisotopic (exact) mass is 369 g/mol. The summed E-state index contributed by atoms with van der Waals surface area (Å²) in [4.78, 5) is 32.0. The highest BCUT2D eigenvalue weighted by Gasteiger charge is 2.54. The van der Waals surface area contributed by atoms with Crippen LogP contribution in [-0.4, -0.2) is 75.6 Å². The smallest absolute Gasteiger partial charge is 0.227 e. The van der Waals surface area contributed by atoms with Crippen LogP contribution in [0.25, 0.3) is 11.0 Å². The highest BCUT2D eigenvalue weighted by atomic mass is 16.2. The summed E-state index contributed by atoms with van der Waals surface area (Å²) in [5.74, 6) is 1.41. The molecule has 5 rings (SSSR count). The fraction of sp³-hybridized carbons (Fsp3) is 0.632. The molecule has 4 heterocycles. The molecule has 0 aromatic carbocycles. The van der Waals surface area contributed by atoms with Crippen LogP contribution in [0.1, 0.15) is 25.7 Å². The Morgan fingerprint density at radius 3 is 3.00 bits per heavy atom. The molecular formula is C19H27N7O. The fourth-order valence-corrected chi connectivity index (χ4v) is 4.83. The van der Waals surface area contributed by atoms with Gasteiger partial charge in [-0.25, -0.2) is 9.97 Å². The number of hydrogen-bond donors (Lipinski definition) is 2. The van der Waals surface area contributed by atoms with E-state index in [-0.39, 0.29) is 11.5 Å². The first-order chi connectivity index (χ1) is 13.2. The van der Waals surface area contributed by atoms with E-state index in [1.54, 1.807) is 6.33 Å². The molecule has 8 heteroatoms. The molecule has 1 amide bonds. The molecule has 1 aliphatic carbocycles. The number of H-pyrrole nitrogens is 1. The molecule has 2 aromatic heterocycles. The van der Waals surface area contributed by atoms with Gasteiger partial charge < -0.3 is 20.5 Å². The molecule has 8 nitrogen and oxygen atoms in total. The van der Waals surface area contributed by atoms with Crippen LogP contribution in [0.3, 0.4) is 0 Å². The largest absolute Gasteiger partial charge is 0.352 e. The first kappa shape index (κ1) is 16.9. The van der Waals surface area contributed by atoms with Crippen LogP contribution in [-0.2, 0) is 4.79 Å². The van der Waals surface area contributed by atoms with Crippen molar-refractivity contribution in [1.82, 2.24) is 24.8 Å². The number of aromatic amines is 1. The topological polar surface area (TPSA) is 94.4 Å². The molecule has 0 bridgehead atoms. The van der Waals surface area contributed by atoms with E-state index >= 15 is 0 Å². The zero-order valence-electron chi connectivity index (χ0n) is 15.6. The van der Waals surface area contributed by atoms with Crippen LogP contribution in [0, 0.1) is 5.92 Å². The molecule has 2 aromatic rings. The molecule has 144 valence electrons. The van der Waals surface area contributed by atoms with E-state index in [2.05, 4.69) is 29.7 Å². The van der Waals surface area contributed by atoms with Crippen molar-refractivity contribution in [3.05, 3.63) is 18.6 Å². The van der Waals surface area contributed by atoms with E-state index in [4.69, 9.17) is 5.73 Å². The Morgan fingerprint density at radius 1 is 1.30 bits per heavy atom. The lowest BCUT2D eigenvalue weighted by atomic mass is 9.95. The SMILES string of the molecule is NCN1CCCC(C(=O)N2CCN(c3ncnc4[nH]ccc34)CC23CC3)C1. The standard InChI is InChI=1S/C19H27N7O/c20-12-24-7-1-2-14(10-24)18(27)26-9-8-25(11-19(26)4-5-19)17-15-3-6-21-16(15)22-13-23-17/h3,6,13-14H,1-2,4-5,7-12,20H2,(H,21,22,23). The average molecular weight is 369 g/mol. The normalized spacial score (nSPS) is 25.3. The van der Waals surface area contributed by atoms with Gasteiger partial charge in [0.1, 0.15) is 17.8 Å². The first-order valence-corrected chi connectivity index (χ1v) is 9.97. The van der Waals surface area contributed by atoms with Gasteiger partial charge in [-0.05, 0) is 38.3 Å². The van der Waals surface area contributed by atoms with Crippen molar-refractivity contribution in [2.45, 2.75) is 31.2 Å². The third-order valence-corrected chi connectivity index (χ3v) is 6.49. The maximum Gasteiger partial charge on any atom is 0.227 e. The van der Waals surface area contributed by atoms with E-state index < -0.39 is 0 Å². The van der Waals surface area contributed by atoms with Gasteiger partial charge in [-0.3, -0.25) is 9.69 Å². The Morgan fingerprint density at radius 2 is 2.19 bits per heavy atom. The molecule has 1 spiro atoms. The number of nitrogens with two attached hydrogens (primary N) is 1. The zero-order valence-corrected chi connectivity index (χ0v) is 15.6. The Bertz CT molecular complexity index is 845. The van der Waals surface area contributed by atoms with Crippen LogP contribution < -0.4 is 10.6 Å². The predicted octanol–water partition coefficient (Wildman–Crippen LogP) is 0.767. The number of aromatic nitrogens is 3. The van der Waals surface area contributed by atoms with Gasteiger partial charge in [0.15, 0.2) is 0 Å². The van der Waals surface area contributed by atoms with Gasteiger partial charge in [0.2, 0.25) is 5.91 Å². The maximum atomic E-state index is 13.3. The summed E-state index contributed by atoms with van der Waals surface area (Å²) in [6.45, 7) is 4.82. The molecule has 3 aliphatic rings. The van der Waals surface area contributed by atoms with Crippen molar-refractivity contribution < 1.29 is 4.79 Å². The molecule has 27 heavy (non-hydrogen) atoms. The second kappa shape index (κ2) is 6.45. The molecule has 2 aliphatic heterocycles. The van der Waals surface area contributed by atoms with Gasteiger partial charge in [0, 0.05) is 39.0 Å². The number of fused-ring (bicyclic) bond motifs is 1. The average Bonchev–Trinajstić information content (AvgIpc) is 3.29. The highest BCUT2D eigenvalue weighted by Crippen LogP contribution is 2.46. The number of carbonyl (C=O) groups excluding carboxylic acids is 1. The summed E-state index contributed by atoms with van der Waals surface area (Å²) in [5.41, 5.74) is 6.67. The Kier molecular flexibility index (Phi) is 4.05. The number of anilines is 1. The number of amides is 1. The number of piperidine rings is 1. The summed E-state index contributed by atoms with van der Waals surface area (Å²) in [7, 11) is 0. The van der Waals surface area contributed by atoms with E-state index in [1.807, 2.05) is 12.3 Å². The van der Waals surface area contributed by atoms with Gasteiger partial charge >= 0.3 is 0 Å². The molecule has 3 N–H and O–H groups in total. The molecular weight excluding hydrogens is 342 g/mol. The number of carbonyl (C=O) groups is 1. The third kappa shape index (κ3) is 2.87. The number of nitrogens with one attached hydrogen (secondary N) is 1. The maximum absolute atomic E-state index is 13.3. The summed E-state index contributed by atoms with van der Waals surface area (Å²) in [6, 6.07) is 2.03. The van der Waals surface area contributed by atoms with Crippen molar-refractivity contribution in [2.24, 2.45) is 11.7 Å². The lowest BCUT2D eigenvalue weighted by Gasteiger charge is -2.45. The van der Waals surface area contributed by atoms with E-state index in [9.17, 15) is 4.79 Å². The first-order valence-electron chi connectivity index (χ1n) is 9.97. The highest BCUT2D eigenvalue weighted by molar-refractivity contribution is 5.88. The molecule has 1 atom stereocenters. The number of nitrogens with zero attached hydrogens (tertiary/aromatic N) is 5. The minimum Gasteiger partial charge on any atom is -0.352 e. The predicted molar refractivity (Wildman–Crippen MR) is 103 cm³/mol. The second-order valence-corrected chi connectivity index (χ2v) is 8.17. The number of piperazine rings is 1. The van der Waals surface area contributed by atoms with Gasteiger partial charge in [-0.1, -0.05) is 0 Å². The summed E-state index contributed by atoms with van der Waals surface area (Å²) < 4.78 is 0. The molecule has 3 fully saturated rings. The van der Waals surface area contributed by atoms with Crippen molar-refractivity contribution in [3.8, 4) is 0 Å². The fourth-order valence-electron chi connectivity index (χ4n) is 4.83. The van der Waals surface area contributed by atoms with Crippen molar-refractivity contribution >= 4 is 22.8 Å². The number of likely N-dealkylation sites (tertiary alicyclic amines) is 1. The number of rotatable bonds is 3. The molecule has 2 saturated heterocycles.